The van der Waals surface area contributed by atoms with Crippen LogP contribution in [-0.2, 0) is 0 Å². The third kappa shape index (κ3) is 3.51. The molecule has 0 aliphatic carbocycles. The summed E-state index contributed by atoms with van der Waals surface area (Å²) in [5.74, 6) is 1.04. The zero-order valence-electron chi connectivity index (χ0n) is 12.5. The first-order valence-corrected chi connectivity index (χ1v) is 7.75. The summed E-state index contributed by atoms with van der Waals surface area (Å²) in [6.45, 7) is 3.81. The molecular formula is C14H14N6O2S. The number of pyridine rings is 1. The third-order valence-corrected chi connectivity index (χ3v) is 3.57. The highest BCUT2D eigenvalue weighted by molar-refractivity contribution is 7.13. The van der Waals surface area contributed by atoms with Gasteiger partial charge in [-0.3, -0.25) is 9.89 Å². The van der Waals surface area contributed by atoms with E-state index in [0.717, 1.165) is 0 Å². The van der Waals surface area contributed by atoms with Crippen molar-refractivity contribution < 1.29 is 9.53 Å². The largest absolute Gasteiger partial charge is 0.487 e. The summed E-state index contributed by atoms with van der Waals surface area (Å²) < 4.78 is 5.63. The van der Waals surface area contributed by atoms with Gasteiger partial charge in [-0.15, -0.1) is 11.3 Å². The molecule has 0 spiro atoms. The zero-order chi connectivity index (χ0) is 16.2. The molecule has 1 amide bonds. The van der Waals surface area contributed by atoms with E-state index in [0.29, 0.717) is 22.4 Å². The maximum atomic E-state index is 12.3. The summed E-state index contributed by atoms with van der Waals surface area (Å²) >= 11 is 1.30. The molecule has 9 heteroatoms. The van der Waals surface area contributed by atoms with Gasteiger partial charge in [0.25, 0.3) is 5.91 Å². The topological polar surface area (TPSA) is 106 Å². The molecule has 0 aromatic carbocycles. The minimum Gasteiger partial charge on any atom is -0.487 e. The number of carbonyl (C=O) groups excluding carboxylic acids is 1. The van der Waals surface area contributed by atoms with Gasteiger partial charge >= 0.3 is 0 Å². The first-order chi connectivity index (χ1) is 11.1. The van der Waals surface area contributed by atoms with Gasteiger partial charge in [0.15, 0.2) is 22.4 Å². The van der Waals surface area contributed by atoms with Crippen LogP contribution in [0, 0.1) is 0 Å². The summed E-state index contributed by atoms with van der Waals surface area (Å²) in [5, 5.41) is 11.4. The van der Waals surface area contributed by atoms with E-state index in [1.807, 2.05) is 13.8 Å². The van der Waals surface area contributed by atoms with Crippen LogP contribution in [0.15, 0.2) is 30.0 Å². The number of aromatic nitrogens is 5. The number of ether oxygens (including phenoxy) is 1. The standard InChI is InChI=1S/C14H14N6O2S/c1-8(2)22-10-4-3-5-15-11(10)19-13(21)9-6-23-14(18-9)12-16-7-17-20-12/h3-8H,1-2H3,(H,15,19,21)(H,16,17,20). The molecule has 0 unspecified atom stereocenters. The van der Waals surface area contributed by atoms with E-state index in [2.05, 4.69) is 30.5 Å². The number of nitrogens with one attached hydrogen (secondary N) is 2. The van der Waals surface area contributed by atoms with E-state index in [9.17, 15) is 4.79 Å². The minimum atomic E-state index is -0.362. The molecule has 118 valence electrons. The smallest absolute Gasteiger partial charge is 0.276 e. The zero-order valence-corrected chi connectivity index (χ0v) is 13.3. The van der Waals surface area contributed by atoms with E-state index in [-0.39, 0.29) is 17.7 Å². The van der Waals surface area contributed by atoms with Crippen LogP contribution in [-0.4, -0.2) is 37.2 Å². The quantitative estimate of drug-likeness (QED) is 0.744. The van der Waals surface area contributed by atoms with E-state index < -0.39 is 0 Å². The fraction of sp³-hybridized carbons (Fsp3) is 0.214. The van der Waals surface area contributed by atoms with Crippen molar-refractivity contribution in [2.75, 3.05) is 5.32 Å². The summed E-state index contributed by atoms with van der Waals surface area (Å²) in [4.78, 5) is 24.7. The normalized spacial score (nSPS) is 10.7. The highest BCUT2D eigenvalue weighted by Gasteiger charge is 2.16. The molecule has 3 heterocycles. The molecule has 3 aromatic rings. The van der Waals surface area contributed by atoms with Gasteiger partial charge in [0.2, 0.25) is 0 Å². The lowest BCUT2D eigenvalue weighted by Crippen LogP contribution is -2.15. The van der Waals surface area contributed by atoms with Crippen molar-refractivity contribution in [1.82, 2.24) is 25.1 Å². The molecule has 3 rings (SSSR count). The fourth-order valence-corrected chi connectivity index (χ4v) is 2.54. The molecule has 0 aliphatic rings. The van der Waals surface area contributed by atoms with Gasteiger partial charge in [0, 0.05) is 11.6 Å². The number of amides is 1. The Bertz CT molecular complexity index is 799. The summed E-state index contributed by atoms with van der Waals surface area (Å²) in [5.41, 5.74) is 0.280. The Morgan fingerprint density at radius 1 is 1.39 bits per heavy atom. The van der Waals surface area contributed by atoms with E-state index >= 15 is 0 Å². The molecule has 0 aliphatic heterocycles. The van der Waals surface area contributed by atoms with Crippen LogP contribution in [0.3, 0.4) is 0 Å². The second kappa shape index (κ2) is 6.53. The van der Waals surface area contributed by atoms with E-state index in [1.165, 1.54) is 17.7 Å². The summed E-state index contributed by atoms with van der Waals surface area (Å²) in [6, 6.07) is 3.50. The molecule has 0 fully saturated rings. The Kier molecular flexibility index (Phi) is 4.29. The molecule has 0 atom stereocenters. The maximum Gasteiger partial charge on any atom is 0.276 e. The SMILES string of the molecule is CC(C)Oc1cccnc1NC(=O)c1csc(-c2ncn[nH]2)n1. The summed E-state index contributed by atoms with van der Waals surface area (Å²) in [7, 11) is 0. The van der Waals surface area contributed by atoms with Gasteiger partial charge in [0.05, 0.1) is 6.10 Å². The number of rotatable bonds is 5. The fourth-order valence-electron chi connectivity index (χ4n) is 1.80. The molecule has 2 N–H and O–H groups in total. The van der Waals surface area contributed by atoms with Gasteiger partial charge in [-0.25, -0.2) is 15.0 Å². The Labute approximate surface area is 136 Å². The van der Waals surface area contributed by atoms with Gasteiger partial charge in [-0.1, -0.05) is 0 Å². The predicted octanol–water partition coefficient (Wildman–Crippen LogP) is 2.36. The van der Waals surface area contributed by atoms with Crippen LogP contribution in [0.25, 0.3) is 10.8 Å². The second-order valence-electron chi connectivity index (χ2n) is 4.84. The van der Waals surface area contributed by atoms with Crippen molar-refractivity contribution in [2.45, 2.75) is 20.0 Å². The van der Waals surface area contributed by atoms with Crippen LogP contribution in [0.1, 0.15) is 24.3 Å². The lowest BCUT2D eigenvalue weighted by Gasteiger charge is -2.13. The monoisotopic (exact) mass is 330 g/mol. The number of carbonyl (C=O) groups is 1. The van der Waals surface area contributed by atoms with Gasteiger partial charge in [-0.05, 0) is 26.0 Å². The van der Waals surface area contributed by atoms with Crippen molar-refractivity contribution >= 4 is 23.1 Å². The predicted molar refractivity (Wildman–Crippen MR) is 85.4 cm³/mol. The maximum absolute atomic E-state index is 12.3. The number of hydrogen-bond acceptors (Lipinski definition) is 7. The highest BCUT2D eigenvalue weighted by Crippen LogP contribution is 2.24. The Morgan fingerprint density at radius 2 is 2.26 bits per heavy atom. The molecule has 0 saturated heterocycles. The molecule has 0 radical (unpaired) electrons. The van der Waals surface area contributed by atoms with Gasteiger partial charge < -0.3 is 10.1 Å². The molecule has 23 heavy (non-hydrogen) atoms. The van der Waals surface area contributed by atoms with Crippen LogP contribution in [0.5, 0.6) is 5.75 Å². The molecular weight excluding hydrogens is 316 g/mol. The van der Waals surface area contributed by atoms with Crippen LogP contribution in [0.2, 0.25) is 0 Å². The number of nitrogens with zero attached hydrogens (tertiary/aromatic N) is 4. The lowest BCUT2D eigenvalue weighted by molar-refractivity contribution is 0.102. The first kappa shape index (κ1) is 15.1. The van der Waals surface area contributed by atoms with Crippen molar-refractivity contribution in [3.63, 3.8) is 0 Å². The second-order valence-corrected chi connectivity index (χ2v) is 5.70. The molecule has 0 bridgehead atoms. The summed E-state index contributed by atoms with van der Waals surface area (Å²) in [6.07, 6.45) is 2.95. The van der Waals surface area contributed by atoms with Crippen molar-refractivity contribution in [3.8, 4) is 16.6 Å². The number of aromatic amines is 1. The first-order valence-electron chi connectivity index (χ1n) is 6.88. The Balaban J connectivity index is 1.77. The van der Waals surface area contributed by atoms with Crippen LogP contribution < -0.4 is 10.1 Å². The Morgan fingerprint density at radius 3 is 3.00 bits per heavy atom. The van der Waals surface area contributed by atoms with E-state index in [1.54, 1.807) is 23.7 Å². The van der Waals surface area contributed by atoms with Crippen LogP contribution >= 0.6 is 11.3 Å². The average Bonchev–Trinajstić information content (AvgIpc) is 3.19. The average molecular weight is 330 g/mol. The van der Waals surface area contributed by atoms with Crippen LogP contribution in [0.4, 0.5) is 5.82 Å². The minimum absolute atomic E-state index is 0.0211. The Hall–Kier alpha value is -2.81. The number of H-pyrrole nitrogens is 1. The van der Waals surface area contributed by atoms with Crippen molar-refractivity contribution in [1.29, 1.82) is 0 Å². The third-order valence-electron chi connectivity index (χ3n) is 2.72. The molecule has 0 saturated carbocycles. The number of hydrogen-bond donors (Lipinski definition) is 2. The van der Waals surface area contributed by atoms with Crippen molar-refractivity contribution in [3.05, 3.63) is 35.7 Å². The van der Waals surface area contributed by atoms with Gasteiger partial charge in [0.1, 0.15) is 12.0 Å². The molecule has 3 aromatic heterocycles. The highest BCUT2D eigenvalue weighted by atomic mass is 32.1. The molecule has 8 nitrogen and oxygen atoms in total. The lowest BCUT2D eigenvalue weighted by atomic mass is 10.3. The number of anilines is 1. The van der Waals surface area contributed by atoms with E-state index in [4.69, 9.17) is 4.74 Å². The van der Waals surface area contributed by atoms with Gasteiger partial charge in [-0.2, -0.15) is 5.10 Å². The van der Waals surface area contributed by atoms with Crippen molar-refractivity contribution in [2.24, 2.45) is 0 Å². The number of thiazole rings is 1.